The van der Waals surface area contributed by atoms with Crippen LogP contribution in [0.1, 0.15) is 5.69 Å². The van der Waals surface area contributed by atoms with E-state index in [0.717, 1.165) is 32.3 Å². The molecule has 0 spiro atoms. The number of anilines is 1. The molecular weight excluding hydrogens is 294 g/mol. The summed E-state index contributed by atoms with van der Waals surface area (Å²) >= 11 is 3.50. The second-order valence-electron chi connectivity index (χ2n) is 4.30. The molecule has 0 aliphatic carbocycles. The highest BCUT2D eigenvalue weighted by atomic mass is 79.9. The lowest BCUT2D eigenvalue weighted by atomic mass is 10.1. The number of benzene rings is 1. The average Bonchev–Trinajstić information content (AvgIpc) is 2.84. The summed E-state index contributed by atoms with van der Waals surface area (Å²) in [6.07, 6.45) is 0. The highest BCUT2D eigenvalue weighted by Gasteiger charge is 2.16. The van der Waals surface area contributed by atoms with Crippen LogP contribution in [0.4, 0.5) is 5.88 Å². The Kier molecular flexibility index (Phi) is 2.45. The summed E-state index contributed by atoms with van der Waals surface area (Å²) in [7, 11) is 2.04. The first-order valence-corrected chi connectivity index (χ1v) is 6.34. The van der Waals surface area contributed by atoms with E-state index in [9.17, 15) is 0 Å². The summed E-state index contributed by atoms with van der Waals surface area (Å²) in [5.74, 6) is 0.330. The van der Waals surface area contributed by atoms with Crippen LogP contribution in [0.3, 0.4) is 0 Å². The molecule has 0 saturated carbocycles. The highest BCUT2D eigenvalue weighted by molar-refractivity contribution is 9.10. The van der Waals surface area contributed by atoms with Crippen LogP contribution in [0.5, 0.6) is 0 Å². The van der Waals surface area contributed by atoms with Crippen molar-refractivity contribution < 1.29 is 4.52 Å². The molecule has 92 valence electrons. The molecule has 0 fully saturated rings. The Morgan fingerprint density at radius 2 is 2.11 bits per heavy atom. The lowest BCUT2D eigenvalue weighted by Gasteiger charge is -1.98. The second-order valence-corrected chi connectivity index (χ2v) is 5.21. The van der Waals surface area contributed by atoms with Crippen LogP contribution in [-0.2, 0) is 7.05 Å². The van der Waals surface area contributed by atoms with Crippen LogP contribution >= 0.6 is 15.9 Å². The summed E-state index contributed by atoms with van der Waals surface area (Å²) in [5, 5.41) is 5.15. The molecule has 3 aromatic rings. The summed E-state index contributed by atoms with van der Waals surface area (Å²) in [5.41, 5.74) is 9.73. The molecule has 1 aromatic carbocycles. The minimum absolute atomic E-state index is 0.330. The van der Waals surface area contributed by atoms with Gasteiger partial charge in [0.2, 0.25) is 5.88 Å². The topological polar surface area (TPSA) is 57.0 Å². The second kappa shape index (κ2) is 3.88. The monoisotopic (exact) mass is 305 g/mol. The standard InChI is InChI=1S/C13H12BrN3O/c1-7-13(10-6-12(15)18-16-10)9-5-8(14)3-4-11(9)17(7)2/h3-6H,15H2,1-2H3. The SMILES string of the molecule is Cc1c(-c2cc(N)on2)c2cc(Br)ccc2n1C. The van der Waals surface area contributed by atoms with E-state index in [2.05, 4.69) is 44.7 Å². The first kappa shape index (κ1) is 11.3. The van der Waals surface area contributed by atoms with Crippen molar-refractivity contribution in [2.45, 2.75) is 6.92 Å². The van der Waals surface area contributed by atoms with Gasteiger partial charge in [-0.1, -0.05) is 21.1 Å². The lowest BCUT2D eigenvalue weighted by molar-refractivity contribution is 0.439. The van der Waals surface area contributed by atoms with Gasteiger partial charge in [0.1, 0.15) is 5.69 Å². The third-order valence-corrected chi connectivity index (χ3v) is 3.73. The third kappa shape index (κ3) is 1.54. The predicted molar refractivity (Wildman–Crippen MR) is 75.3 cm³/mol. The molecule has 2 N–H and O–H groups in total. The van der Waals surface area contributed by atoms with Gasteiger partial charge in [-0.15, -0.1) is 0 Å². The normalized spacial score (nSPS) is 11.3. The number of rotatable bonds is 1. The van der Waals surface area contributed by atoms with Crippen molar-refractivity contribution in [2.75, 3.05) is 5.73 Å². The van der Waals surface area contributed by atoms with Crippen LogP contribution in [-0.4, -0.2) is 9.72 Å². The number of hydrogen-bond donors (Lipinski definition) is 1. The molecule has 3 rings (SSSR count). The van der Waals surface area contributed by atoms with E-state index in [4.69, 9.17) is 10.3 Å². The predicted octanol–water partition coefficient (Wildman–Crippen LogP) is 3.49. The Labute approximate surface area is 112 Å². The van der Waals surface area contributed by atoms with Crippen molar-refractivity contribution >= 4 is 32.7 Å². The van der Waals surface area contributed by atoms with Gasteiger partial charge in [-0.3, -0.25) is 0 Å². The number of nitrogens with two attached hydrogens (primary N) is 1. The number of hydrogen-bond acceptors (Lipinski definition) is 3. The first-order chi connectivity index (χ1) is 8.58. The van der Waals surface area contributed by atoms with Crippen LogP contribution in [0, 0.1) is 6.92 Å². The molecule has 0 amide bonds. The minimum atomic E-state index is 0.330. The van der Waals surface area contributed by atoms with Gasteiger partial charge in [-0.25, -0.2) is 0 Å². The maximum atomic E-state index is 5.60. The fourth-order valence-electron chi connectivity index (χ4n) is 2.27. The maximum absolute atomic E-state index is 5.60. The van der Waals surface area contributed by atoms with Gasteiger partial charge in [0.05, 0.1) is 0 Å². The molecule has 2 heterocycles. The molecule has 0 atom stereocenters. The van der Waals surface area contributed by atoms with Gasteiger partial charge in [0.25, 0.3) is 0 Å². The molecule has 0 saturated heterocycles. The quantitative estimate of drug-likeness (QED) is 0.749. The zero-order valence-electron chi connectivity index (χ0n) is 10.1. The van der Waals surface area contributed by atoms with Crippen molar-refractivity contribution in [1.82, 2.24) is 9.72 Å². The van der Waals surface area contributed by atoms with Crippen LogP contribution in [0.25, 0.3) is 22.2 Å². The fraction of sp³-hybridized carbons (Fsp3) is 0.154. The highest BCUT2D eigenvalue weighted by Crippen LogP contribution is 2.35. The first-order valence-electron chi connectivity index (χ1n) is 5.55. The maximum Gasteiger partial charge on any atom is 0.222 e. The Morgan fingerprint density at radius 1 is 1.33 bits per heavy atom. The lowest BCUT2D eigenvalue weighted by Crippen LogP contribution is -1.90. The third-order valence-electron chi connectivity index (χ3n) is 3.24. The van der Waals surface area contributed by atoms with Crippen molar-refractivity contribution in [3.8, 4) is 11.3 Å². The Morgan fingerprint density at radius 3 is 2.78 bits per heavy atom. The minimum Gasteiger partial charge on any atom is -0.368 e. The van der Waals surface area contributed by atoms with Crippen molar-refractivity contribution in [3.05, 3.63) is 34.4 Å². The van der Waals surface area contributed by atoms with Crippen LogP contribution in [0.15, 0.2) is 33.3 Å². The van der Waals surface area contributed by atoms with Crippen molar-refractivity contribution in [3.63, 3.8) is 0 Å². The largest absolute Gasteiger partial charge is 0.368 e. The number of aryl methyl sites for hydroxylation is 1. The molecule has 0 aliphatic heterocycles. The molecule has 5 heteroatoms. The number of aromatic nitrogens is 2. The van der Waals surface area contributed by atoms with Gasteiger partial charge in [-0.2, -0.15) is 0 Å². The number of nitrogens with zero attached hydrogens (tertiary/aromatic N) is 2. The summed E-state index contributed by atoms with van der Waals surface area (Å²) in [4.78, 5) is 0. The Balaban J connectivity index is 2.40. The van der Waals surface area contributed by atoms with Crippen molar-refractivity contribution in [1.29, 1.82) is 0 Å². The summed E-state index contributed by atoms with van der Waals surface area (Å²) < 4.78 is 8.15. The van der Waals surface area contributed by atoms with E-state index < -0.39 is 0 Å². The summed E-state index contributed by atoms with van der Waals surface area (Å²) in [6, 6.07) is 7.95. The Bertz CT molecular complexity index is 742. The molecule has 18 heavy (non-hydrogen) atoms. The average molecular weight is 306 g/mol. The molecule has 2 aromatic heterocycles. The van der Waals surface area contributed by atoms with E-state index in [-0.39, 0.29) is 0 Å². The molecule has 0 aliphatic rings. The van der Waals surface area contributed by atoms with E-state index in [1.807, 2.05) is 13.1 Å². The zero-order chi connectivity index (χ0) is 12.9. The molecular formula is C13H12BrN3O. The van der Waals surface area contributed by atoms with Gasteiger partial charge in [-0.05, 0) is 25.1 Å². The smallest absolute Gasteiger partial charge is 0.222 e. The van der Waals surface area contributed by atoms with Crippen LogP contribution < -0.4 is 5.73 Å². The van der Waals surface area contributed by atoms with E-state index in [0.29, 0.717) is 5.88 Å². The molecule has 0 bridgehead atoms. The number of halogens is 1. The summed E-state index contributed by atoms with van der Waals surface area (Å²) in [6.45, 7) is 2.06. The number of nitrogen functional groups attached to an aromatic ring is 1. The Hall–Kier alpha value is -1.75. The van der Waals surface area contributed by atoms with E-state index >= 15 is 0 Å². The van der Waals surface area contributed by atoms with E-state index in [1.54, 1.807) is 6.07 Å². The van der Waals surface area contributed by atoms with Gasteiger partial charge < -0.3 is 14.8 Å². The van der Waals surface area contributed by atoms with Gasteiger partial charge >= 0.3 is 0 Å². The molecule has 0 unspecified atom stereocenters. The molecule has 4 nitrogen and oxygen atoms in total. The van der Waals surface area contributed by atoms with Gasteiger partial charge in [0, 0.05) is 39.7 Å². The van der Waals surface area contributed by atoms with E-state index in [1.165, 1.54) is 0 Å². The zero-order valence-corrected chi connectivity index (χ0v) is 11.7. The van der Waals surface area contributed by atoms with Crippen molar-refractivity contribution in [2.24, 2.45) is 7.05 Å². The van der Waals surface area contributed by atoms with Crippen LogP contribution in [0.2, 0.25) is 0 Å². The van der Waals surface area contributed by atoms with Gasteiger partial charge in [0.15, 0.2) is 0 Å². The fourth-order valence-corrected chi connectivity index (χ4v) is 2.64. The number of fused-ring (bicyclic) bond motifs is 1. The molecule has 0 radical (unpaired) electrons.